The lowest BCUT2D eigenvalue weighted by atomic mass is 10.1. The first-order valence-corrected chi connectivity index (χ1v) is 11.2. The summed E-state index contributed by atoms with van der Waals surface area (Å²) < 4.78 is 6.68. The van der Waals surface area contributed by atoms with Crippen LogP contribution >= 0.6 is 0 Å². The van der Waals surface area contributed by atoms with Crippen LogP contribution in [-0.4, -0.2) is 62.4 Å². The van der Waals surface area contributed by atoms with Crippen LogP contribution in [0.25, 0.3) is 0 Å². The maximum absolute atomic E-state index is 11.7. The number of likely N-dealkylation sites (tertiary alicyclic amines) is 1. The van der Waals surface area contributed by atoms with E-state index in [1.165, 1.54) is 64.2 Å². The van der Waals surface area contributed by atoms with Gasteiger partial charge in [-0.2, -0.15) is 0 Å². The summed E-state index contributed by atoms with van der Waals surface area (Å²) in [5.41, 5.74) is 0. The molecule has 4 nitrogen and oxygen atoms in total. The lowest BCUT2D eigenvalue weighted by Crippen LogP contribution is -3.00. The first-order valence-electron chi connectivity index (χ1n) is 11.2. The molecule has 1 rings (SSSR count). The molecule has 0 aromatic heterocycles. The van der Waals surface area contributed by atoms with E-state index in [1.807, 2.05) is 4.90 Å². The molecule has 0 aromatic carbocycles. The lowest BCUT2D eigenvalue weighted by molar-refractivity contribution is -0.899. The van der Waals surface area contributed by atoms with Crippen molar-refractivity contribution in [2.75, 3.05) is 47.1 Å². The van der Waals surface area contributed by atoms with Gasteiger partial charge in [0.1, 0.15) is 0 Å². The van der Waals surface area contributed by atoms with Crippen LogP contribution in [0, 0.1) is 0 Å². The Morgan fingerprint density at radius 3 is 2.00 bits per heavy atom. The molecule has 162 valence electrons. The van der Waals surface area contributed by atoms with Crippen molar-refractivity contribution < 1.29 is 26.4 Å². The standard InChI is InChI=1S/C22H45N2O2.ClH/c1-4-5-6-7-8-9-10-11-12-13-19-26-20-15-18-24(2,3)21-23-17-14-16-22(23)25;/h4-21H2,1-3H3;1H/q+1;/p-1. The molecule has 1 amide bonds. The van der Waals surface area contributed by atoms with Gasteiger partial charge < -0.3 is 21.6 Å². The highest BCUT2D eigenvalue weighted by atomic mass is 35.5. The molecule has 0 unspecified atom stereocenters. The zero-order valence-electron chi connectivity index (χ0n) is 18.3. The third-order valence-electron chi connectivity index (χ3n) is 5.42. The Balaban J connectivity index is 0.00000676. The first-order chi connectivity index (χ1) is 12.5. The zero-order chi connectivity index (χ0) is 19.1. The molecule has 0 aliphatic carbocycles. The van der Waals surface area contributed by atoms with Crippen LogP contribution in [0.2, 0.25) is 0 Å². The van der Waals surface area contributed by atoms with Crippen LogP contribution < -0.4 is 12.4 Å². The Morgan fingerprint density at radius 1 is 0.889 bits per heavy atom. The molecule has 1 aliphatic heterocycles. The third-order valence-corrected chi connectivity index (χ3v) is 5.42. The van der Waals surface area contributed by atoms with E-state index in [0.717, 1.165) is 56.7 Å². The Hall–Kier alpha value is -0.320. The molecule has 0 aromatic rings. The van der Waals surface area contributed by atoms with E-state index in [-0.39, 0.29) is 12.4 Å². The summed E-state index contributed by atoms with van der Waals surface area (Å²) in [5.74, 6) is 0.327. The predicted molar refractivity (Wildman–Crippen MR) is 110 cm³/mol. The number of unbranched alkanes of at least 4 members (excludes halogenated alkanes) is 9. The van der Waals surface area contributed by atoms with Gasteiger partial charge in [-0.15, -0.1) is 0 Å². The third kappa shape index (κ3) is 14.3. The number of carbonyl (C=O) groups is 1. The average molecular weight is 405 g/mol. The summed E-state index contributed by atoms with van der Waals surface area (Å²) in [6.07, 6.45) is 16.6. The molecule has 1 aliphatic rings. The van der Waals surface area contributed by atoms with Gasteiger partial charge in [-0.3, -0.25) is 9.69 Å². The molecule has 1 heterocycles. The summed E-state index contributed by atoms with van der Waals surface area (Å²) >= 11 is 0. The van der Waals surface area contributed by atoms with Gasteiger partial charge in [-0.25, -0.2) is 0 Å². The summed E-state index contributed by atoms with van der Waals surface area (Å²) in [6, 6.07) is 0. The Bertz CT molecular complexity index is 364. The normalized spacial score (nSPS) is 14.6. The van der Waals surface area contributed by atoms with Crippen molar-refractivity contribution in [1.82, 2.24) is 4.90 Å². The molecule has 0 radical (unpaired) electrons. The molecule has 1 fully saturated rings. The van der Waals surface area contributed by atoms with Crippen molar-refractivity contribution in [2.45, 2.75) is 90.4 Å². The second-order valence-corrected chi connectivity index (χ2v) is 8.71. The fraction of sp³-hybridized carbons (Fsp3) is 0.955. The van der Waals surface area contributed by atoms with Crippen molar-refractivity contribution in [2.24, 2.45) is 0 Å². The van der Waals surface area contributed by atoms with Crippen molar-refractivity contribution >= 4 is 5.91 Å². The van der Waals surface area contributed by atoms with E-state index in [0.29, 0.717) is 5.91 Å². The summed E-state index contributed by atoms with van der Waals surface area (Å²) in [6.45, 7) is 6.90. The molecule has 0 saturated carbocycles. The highest BCUT2D eigenvalue weighted by Gasteiger charge is 2.26. The number of halogens is 1. The largest absolute Gasteiger partial charge is 1.00 e. The SMILES string of the molecule is CCCCCCCCCCCCOCCC[N+](C)(C)CN1CCCC1=O.[Cl-]. The molecule has 0 atom stereocenters. The minimum atomic E-state index is 0. The number of hydrogen-bond donors (Lipinski definition) is 0. The zero-order valence-corrected chi connectivity index (χ0v) is 19.1. The van der Waals surface area contributed by atoms with Crippen LogP contribution in [-0.2, 0) is 9.53 Å². The Morgan fingerprint density at radius 2 is 1.44 bits per heavy atom. The number of hydrogen-bond acceptors (Lipinski definition) is 2. The maximum Gasteiger partial charge on any atom is 0.226 e. The van der Waals surface area contributed by atoms with Crippen molar-refractivity contribution in [3.63, 3.8) is 0 Å². The van der Waals surface area contributed by atoms with Crippen LogP contribution in [0.15, 0.2) is 0 Å². The number of amides is 1. The quantitative estimate of drug-likeness (QED) is 0.274. The van der Waals surface area contributed by atoms with Gasteiger partial charge in [-0.05, 0) is 12.8 Å². The van der Waals surface area contributed by atoms with E-state index < -0.39 is 0 Å². The minimum Gasteiger partial charge on any atom is -1.00 e. The van der Waals surface area contributed by atoms with Crippen molar-refractivity contribution in [3.8, 4) is 0 Å². The van der Waals surface area contributed by atoms with Crippen LogP contribution in [0.3, 0.4) is 0 Å². The molecule has 5 heteroatoms. The van der Waals surface area contributed by atoms with Gasteiger partial charge in [0.2, 0.25) is 5.91 Å². The van der Waals surface area contributed by atoms with Crippen LogP contribution in [0.5, 0.6) is 0 Å². The number of carbonyl (C=O) groups excluding carboxylic acids is 1. The highest BCUT2D eigenvalue weighted by Crippen LogP contribution is 2.13. The summed E-state index contributed by atoms with van der Waals surface area (Å²) in [4.78, 5) is 13.8. The van der Waals surface area contributed by atoms with Crippen molar-refractivity contribution in [1.29, 1.82) is 0 Å². The summed E-state index contributed by atoms with van der Waals surface area (Å²) in [7, 11) is 4.43. The van der Waals surface area contributed by atoms with E-state index in [1.54, 1.807) is 0 Å². The molecule has 27 heavy (non-hydrogen) atoms. The molecule has 0 spiro atoms. The molecule has 0 N–H and O–H groups in total. The lowest BCUT2D eigenvalue weighted by Gasteiger charge is -2.33. The second kappa shape index (κ2) is 16.6. The molecular weight excluding hydrogens is 360 g/mol. The van der Waals surface area contributed by atoms with E-state index >= 15 is 0 Å². The summed E-state index contributed by atoms with van der Waals surface area (Å²) in [5, 5.41) is 0. The van der Waals surface area contributed by atoms with Gasteiger partial charge in [0.25, 0.3) is 0 Å². The van der Waals surface area contributed by atoms with Crippen molar-refractivity contribution in [3.05, 3.63) is 0 Å². The van der Waals surface area contributed by atoms with Gasteiger partial charge in [-0.1, -0.05) is 64.7 Å². The average Bonchev–Trinajstić information content (AvgIpc) is 2.99. The van der Waals surface area contributed by atoms with Gasteiger partial charge in [0, 0.05) is 26.0 Å². The minimum absolute atomic E-state index is 0. The number of ether oxygens (including phenoxy) is 1. The van der Waals surface area contributed by atoms with Crippen LogP contribution in [0.1, 0.15) is 90.4 Å². The second-order valence-electron chi connectivity index (χ2n) is 8.71. The maximum atomic E-state index is 11.7. The smallest absolute Gasteiger partial charge is 0.226 e. The molecular formula is C22H45ClN2O2. The van der Waals surface area contributed by atoms with Gasteiger partial charge in [0.05, 0.1) is 27.2 Å². The molecule has 1 saturated heterocycles. The fourth-order valence-corrected chi connectivity index (χ4v) is 3.77. The molecule has 0 bridgehead atoms. The Kier molecular flexibility index (Phi) is 16.4. The number of quaternary nitrogens is 1. The van der Waals surface area contributed by atoms with E-state index in [4.69, 9.17) is 4.74 Å². The predicted octanol–water partition coefficient (Wildman–Crippen LogP) is 1.97. The van der Waals surface area contributed by atoms with Gasteiger partial charge >= 0.3 is 0 Å². The number of rotatable bonds is 17. The van der Waals surface area contributed by atoms with E-state index in [9.17, 15) is 4.79 Å². The van der Waals surface area contributed by atoms with Crippen LogP contribution in [0.4, 0.5) is 0 Å². The Labute approximate surface area is 175 Å². The van der Waals surface area contributed by atoms with Gasteiger partial charge in [0.15, 0.2) is 6.67 Å². The van der Waals surface area contributed by atoms with E-state index in [2.05, 4.69) is 21.0 Å². The topological polar surface area (TPSA) is 29.5 Å². The first kappa shape index (κ1) is 26.7. The highest BCUT2D eigenvalue weighted by molar-refractivity contribution is 5.77. The number of nitrogens with zero attached hydrogens (tertiary/aromatic N) is 2. The monoisotopic (exact) mass is 404 g/mol. The fourth-order valence-electron chi connectivity index (χ4n) is 3.77.